The van der Waals surface area contributed by atoms with Crippen molar-refractivity contribution in [1.29, 1.82) is 0 Å². The molecule has 6 heterocycles. The fourth-order valence-corrected chi connectivity index (χ4v) is 15.5. The third-order valence-corrected chi connectivity index (χ3v) is 24.0. The zero-order chi connectivity index (χ0) is 89.5. The van der Waals surface area contributed by atoms with E-state index < -0.39 is 50.9 Å². The van der Waals surface area contributed by atoms with Crippen molar-refractivity contribution in [1.82, 2.24) is 30.9 Å². The van der Waals surface area contributed by atoms with E-state index in [1.54, 1.807) is 126 Å². The Morgan fingerprint density at radius 3 is 1.06 bits per heavy atom. The molecular formula is C93H101Cl4F3N10O15. The van der Waals surface area contributed by atoms with Crippen molar-refractivity contribution >= 4 is 63.8 Å². The van der Waals surface area contributed by atoms with Crippen LogP contribution in [0.4, 0.5) is 13.2 Å². The topological polar surface area (TPSA) is 345 Å². The van der Waals surface area contributed by atoms with Crippen LogP contribution in [0, 0.1) is 17.5 Å². The SMILES string of the molecule is COc1cc(C(=O)CCC(C)(O)c2cc3c(c(-c4ccc(F)c(Cl)c4)n2)OCC3(C)NCCCl)ccc1OC1CC1.COc1cc(C(=O)CCC(C)(O)c2cc3c(c(-c4ccc(F)c(Cl)c4)n2)OCC3(C)NCCN)ccc1OC1CC1.COc1cc(C(=O)CCC(C)(O)c2cc3c(c(-c4ccc(F)c(Cl)c4)n2)OCC3(C)NCCN=[N+]=[N-])ccc1OC1CC1. The Morgan fingerprint density at radius 1 is 0.488 bits per heavy atom. The van der Waals surface area contributed by atoms with Gasteiger partial charge in [-0.1, -0.05) is 39.9 Å². The molecule has 3 aromatic heterocycles. The van der Waals surface area contributed by atoms with Crippen LogP contribution in [0.1, 0.15) is 183 Å². The van der Waals surface area contributed by atoms with Crippen LogP contribution >= 0.6 is 46.4 Å². The van der Waals surface area contributed by atoms with Gasteiger partial charge in [-0.2, -0.15) is 0 Å². The van der Waals surface area contributed by atoms with E-state index in [1.807, 2.05) is 20.8 Å². The number of pyridine rings is 3. The molecule has 6 aliphatic rings. The molecule has 0 saturated heterocycles. The lowest BCUT2D eigenvalue weighted by Gasteiger charge is -2.28. The molecule has 32 heteroatoms. The Bertz CT molecular complexity index is 5360. The number of hydrogen-bond donors (Lipinski definition) is 7. The van der Waals surface area contributed by atoms with E-state index >= 15 is 0 Å². The first-order chi connectivity index (χ1) is 59.6. The maximum Gasteiger partial charge on any atom is 0.163 e. The third-order valence-electron chi connectivity index (χ3n) is 22.9. The molecule has 0 radical (unpaired) electrons. The summed E-state index contributed by atoms with van der Waals surface area (Å²) in [6, 6.07) is 33.6. The number of azide groups is 1. The van der Waals surface area contributed by atoms with E-state index in [0.717, 1.165) is 55.2 Å². The number of benzene rings is 6. The van der Waals surface area contributed by atoms with Crippen LogP contribution < -0.4 is 64.3 Å². The molecule has 8 N–H and O–H groups in total. The fourth-order valence-electron chi connectivity index (χ4n) is 14.8. The summed E-state index contributed by atoms with van der Waals surface area (Å²) in [4.78, 5) is 56.7. The molecule has 6 atom stereocenters. The van der Waals surface area contributed by atoms with Gasteiger partial charge in [0.2, 0.25) is 0 Å². The van der Waals surface area contributed by atoms with Crippen LogP contribution in [0.25, 0.3) is 44.2 Å². The number of nitrogens with one attached hydrogen (secondary N) is 3. The fraction of sp³-hybridized carbons (Fsp3) is 0.419. The van der Waals surface area contributed by atoms with Gasteiger partial charge in [-0.05, 0) is 232 Å². The minimum atomic E-state index is -1.52. The number of ether oxygens (including phenoxy) is 9. The van der Waals surface area contributed by atoms with Crippen LogP contribution in [0.15, 0.2) is 133 Å². The van der Waals surface area contributed by atoms with E-state index in [4.69, 9.17) is 115 Å². The molecule has 0 amide bonds. The Labute approximate surface area is 743 Å². The zero-order valence-corrected chi connectivity index (χ0v) is 73.9. The number of nitrogens with two attached hydrogens (primary N) is 1. The highest BCUT2D eigenvalue weighted by Gasteiger charge is 2.45. The quantitative estimate of drug-likeness (QED) is 0.00475. The molecule has 6 aromatic carbocycles. The molecule has 3 fully saturated rings. The van der Waals surface area contributed by atoms with E-state index in [2.05, 4.69) is 26.0 Å². The van der Waals surface area contributed by atoms with Crippen LogP contribution in [0.5, 0.6) is 51.7 Å². The van der Waals surface area contributed by atoms with Gasteiger partial charge in [-0.3, -0.25) is 14.4 Å². The largest absolute Gasteiger partial charge is 0.493 e. The number of rotatable bonds is 37. The Kier molecular flexibility index (Phi) is 28.9. The predicted octanol–water partition coefficient (Wildman–Crippen LogP) is 18.0. The molecule has 3 saturated carbocycles. The number of ketones is 3. The van der Waals surface area contributed by atoms with Crippen molar-refractivity contribution in [2.24, 2.45) is 10.8 Å². The maximum atomic E-state index is 14.0. The maximum absolute atomic E-state index is 14.0. The highest BCUT2D eigenvalue weighted by atomic mass is 35.5. The van der Waals surface area contributed by atoms with Gasteiger partial charge in [0, 0.05) is 113 Å². The van der Waals surface area contributed by atoms with Gasteiger partial charge in [-0.25, -0.2) is 28.1 Å². The summed E-state index contributed by atoms with van der Waals surface area (Å²) in [7, 11) is 4.61. The third kappa shape index (κ3) is 21.8. The van der Waals surface area contributed by atoms with Crippen molar-refractivity contribution < 1.29 is 85.5 Å². The van der Waals surface area contributed by atoms with Crippen molar-refractivity contribution in [3.63, 3.8) is 0 Å². The van der Waals surface area contributed by atoms with Crippen LogP contribution in [0.2, 0.25) is 15.1 Å². The number of hydrogen-bond acceptors (Lipinski definition) is 23. The summed E-state index contributed by atoms with van der Waals surface area (Å²) in [5.41, 5.74) is 15.6. The monoisotopic (exact) mass is 1790 g/mol. The lowest BCUT2D eigenvalue weighted by atomic mass is 9.87. The Hall–Kier alpha value is -10.0. The summed E-state index contributed by atoms with van der Waals surface area (Å²) in [5, 5.41) is 48.6. The first-order valence-corrected chi connectivity index (χ1v) is 43.1. The second-order valence-corrected chi connectivity index (χ2v) is 34.9. The summed E-state index contributed by atoms with van der Waals surface area (Å²) in [5.74, 6) is 3.10. The first-order valence-electron chi connectivity index (χ1n) is 41.4. The number of nitrogens with zero attached hydrogens (tertiary/aromatic N) is 6. The van der Waals surface area contributed by atoms with Gasteiger partial charge in [0.1, 0.15) is 71.2 Å². The average molecular weight is 1800 g/mol. The number of carbonyl (C=O) groups excluding carboxylic acids is 3. The van der Waals surface area contributed by atoms with Gasteiger partial charge in [0.05, 0.1) is 88.4 Å². The number of Topliss-reactive ketones (excluding diaryl/α,β-unsaturated/α-hetero) is 3. The van der Waals surface area contributed by atoms with Crippen LogP contribution in [-0.4, -0.2) is 146 Å². The predicted molar refractivity (Wildman–Crippen MR) is 470 cm³/mol. The molecule has 15 rings (SSSR count). The molecule has 3 aliphatic carbocycles. The van der Waals surface area contributed by atoms with Crippen LogP contribution in [0.3, 0.4) is 0 Å². The Morgan fingerprint density at radius 2 is 0.792 bits per heavy atom. The van der Waals surface area contributed by atoms with Gasteiger partial charge < -0.3 is 79.6 Å². The number of carbonyl (C=O) groups is 3. The molecule has 0 spiro atoms. The van der Waals surface area contributed by atoms with E-state index in [1.165, 1.54) is 43.5 Å². The van der Waals surface area contributed by atoms with Gasteiger partial charge in [-0.15, -0.1) is 11.6 Å². The first kappa shape index (κ1) is 92.6. The average Bonchev–Trinajstić information content (AvgIpc) is 1.71. The molecule has 9 aromatic rings. The van der Waals surface area contributed by atoms with Gasteiger partial charge in [0.15, 0.2) is 69.1 Å². The second kappa shape index (κ2) is 39.1. The van der Waals surface area contributed by atoms with E-state index in [-0.39, 0.29) is 102 Å². The van der Waals surface area contributed by atoms with Crippen molar-refractivity contribution in [2.75, 3.05) is 79.8 Å². The standard InChI is InChI=1S/C31H33Cl2FN2O5.C31H33ClFN5O5.C31H35ClFN3O5/c1-30(35-13-12-32)17-40-29-21(30)16-27(36-28(29)19-4-8-23(34)22(33)14-19)31(2,38)11-10-24(37)18-5-9-25(26(15-18)39-3)41-20-6-7-20;1-30(35-12-13-36-38-34)17-42-29-21(30)16-27(37-28(29)19-4-8-23(33)22(32)14-19)31(2,40)11-10-24(39)18-5-9-25(26(15-18)41-3)43-20-6-7-20;1-30(35-13-12-34)17-40-29-21(30)16-27(36-28(29)19-4-8-23(33)22(32)14-19)31(2,38)11-10-24(37)18-5-9-25(26(15-18)39-3)41-20-6-7-20/h4-5,8-9,14-16,20,35,38H,6-7,10-13,17H2,1-3H3;4-5,8-9,14-16,20,35,40H,6-7,10-13,17H2,1-3H3;4-5,8-9,14-16,20,35,38H,6-7,10-13,17,34H2,1-3H3. The number of aliphatic hydroxyl groups is 3. The van der Waals surface area contributed by atoms with Crippen LogP contribution in [-0.2, 0) is 33.4 Å². The number of methoxy groups -OCH3 is 3. The molecule has 3 aliphatic heterocycles. The van der Waals surface area contributed by atoms with Crippen molar-refractivity contribution in [3.05, 3.63) is 221 Å². The minimum absolute atomic E-state index is 0.0354. The van der Waals surface area contributed by atoms with Crippen molar-refractivity contribution in [2.45, 2.75) is 170 Å². The summed E-state index contributed by atoms with van der Waals surface area (Å²) < 4.78 is 94.1. The molecule has 6 unspecified atom stereocenters. The Balaban J connectivity index is 0.000000161. The minimum Gasteiger partial charge on any atom is -0.493 e. The van der Waals surface area contributed by atoms with Crippen molar-refractivity contribution in [3.8, 4) is 85.5 Å². The number of halogens is 7. The molecular weight excluding hydrogens is 1700 g/mol. The highest BCUT2D eigenvalue weighted by Crippen LogP contribution is 2.51. The number of aromatic nitrogens is 3. The molecule has 0 bridgehead atoms. The van der Waals surface area contributed by atoms with Gasteiger partial charge >= 0.3 is 0 Å². The number of alkyl halides is 1. The zero-order valence-electron chi connectivity index (χ0n) is 70.9. The second-order valence-electron chi connectivity index (χ2n) is 33.3. The lowest BCUT2D eigenvalue weighted by molar-refractivity contribution is 0.0395. The highest BCUT2D eigenvalue weighted by molar-refractivity contribution is 6.31. The summed E-state index contributed by atoms with van der Waals surface area (Å²) in [6.07, 6.45) is 7.11. The number of fused-ring (bicyclic) bond motifs is 3. The lowest BCUT2D eigenvalue weighted by Crippen LogP contribution is -2.43. The summed E-state index contributed by atoms with van der Waals surface area (Å²) in [6.45, 7) is 13.8. The molecule has 662 valence electrons. The van der Waals surface area contributed by atoms with E-state index in [0.29, 0.717) is 165 Å². The van der Waals surface area contributed by atoms with E-state index in [9.17, 15) is 42.9 Å². The smallest absolute Gasteiger partial charge is 0.163 e. The normalized spacial score (nSPS) is 19.1. The molecule has 25 nitrogen and oxygen atoms in total. The van der Waals surface area contributed by atoms with Gasteiger partial charge in [0.25, 0.3) is 0 Å². The summed E-state index contributed by atoms with van der Waals surface area (Å²) >= 11 is 24.2. The molecule has 125 heavy (non-hydrogen) atoms.